The Bertz CT molecular complexity index is 1010. The van der Waals surface area contributed by atoms with Crippen molar-refractivity contribution in [3.05, 3.63) is 65.7 Å². The Kier molecular flexibility index (Phi) is 5.91. The van der Waals surface area contributed by atoms with Crippen molar-refractivity contribution >= 4 is 23.4 Å². The smallest absolute Gasteiger partial charge is 0.254 e. The van der Waals surface area contributed by atoms with E-state index in [-0.39, 0.29) is 24.3 Å². The maximum Gasteiger partial charge on any atom is 0.254 e. The van der Waals surface area contributed by atoms with Crippen LogP contribution in [0.1, 0.15) is 28.8 Å². The molecule has 2 heterocycles. The number of aryl methyl sites for hydroxylation is 1. The van der Waals surface area contributed by atoms with Crippen molar-refractivity contribution in [2.45, 2.75) is 25.3 Å². The number of piperidine rings is 1. The molecule has 3 amide bonds. The molecule has 0 bridgehead atoms. The molecule has 4 rings (SSSR count). The molecule has 2 aromatic rings. The Hall–Kier alpha value is -3.35. The molecule has 0 aromatic heterocycles. The quantitative estimate of drug-likeness (QED) is 0.741. The molecule has 2 saturated heterocycles. The lowest BCUT2D eigenvalue weighted by Gasteiger charge is -2.43. The third-order valence-corrected chi connectivity index (χ3v) is 6.66. The van der Waals surface area contributed by atoms with E-state index in [4.69, 9.17) is 0 Å². The first-order valence-corrected chi connectivity index (χ1v) is 11.0. The molecule has 0 saturated carbocycles. The molecule has 7 heteroatoms. The second-order valence-corrected chi connectivity index (χ2v) is 8.83. The van der Waals surface area contributed by atoms with Crippen LogP contribution in [0.2, 0.25) is 0 Å². The highest BCUT2D eigenvalue weighted by atomic mass is 16.2. The van der Waals surface area contributed by atoms with Crippen molar-refractivity contribution in [3.8, 4) is 0 Å². The van der Waals surface area contributed by atoms with Crippen LogP contribution >= 0.6 is 0 Å². The number of hydrogen-bond acceptors (Lipinski definition) is 4. The number of carbonyl (C=O) groups excluding carboxylic acids is 3. The molecule has 0 radical (unpaired) electrons. The van der Waals surface area contributed by atoms with Gasteiger partial charge in [0.2, 0.25) is 5.91 Å². The van der Waals surface area contributed by atoms with Gasteiger partial charge in [0.05, 0.1) is 6.67 Å². The number of amides is 3. The first kappa shape index (κ1) is 21.9. The standard InChI is InChI=1S/C25H30N4O3/c1-19-9-7-8-12-21(19)23(31)27-15-13-25(14-16-27)24(32)28(17-22(30)26(2)3)18-29(25)20-10-5-4-6-11-20/h4-12H,13-18H2,1-3H3. The van der Waals surface area contributed by atoms with Crippen molar-refractivity contribution in [2.75, 3.05) is 45.3 Å². The van der Waals surface area contributed by atoms with E-state index in [1.54, 1.807) is 19.0 Å². The van der Waals surface area contributed by atoms with E-state index in [1.165, 1.54) is 4.90 Å². The summed E-state index contributed by atoms with van der Waals surface area (Å²) >= 11 is 0. The molecule has 2 fully saturated rings. The summed E-state index contributed by atoms with van der Waals surface area (Å²) in [6.07, 6.45) is 1.07. The molecule has 0 aliphatic carbocycles. The summed E-state index contributed by atoms with van der Waals surface area (Å²) in [5.41, 5.74) is 1.88. The van der Waals surface area contributed by atoms with Crippen LogP contribution in [-0.2, 0) is 9.59 Å². The zero-order chi connectivity index (χ0) is 22.9. The monoisotopic (exact) mass is 434 g/mol. The summed E-state index contributed by atoms with van der Waals surface area (Å²) in [7, 11) is 3.40. The molecule has 0 N–H and O–H groups in total. The molecule has 32 heavy (non-hydrogen) atoms. The Morgan fingerprint density at radius 2 is 1.59 bits per heavy atom. The summed E-state index contributed by atoms with van der Waals surface area (Å²) in [5, 5.41) is 0. The van der Waals surface area contributed by atoms with E-state index < -0.39 is 5.54 Å². The van der Waals surface area contributed by atoms with Gasteiger partial charge in [0.15, 0.2) is 0 Å². The van der Waals surface area contributed by atoms with E-state index >= 15 is 0 Å². The van der Waals surface area contributed by atoms with Gasteiger partial charge in [-0.15, -0.1) is 0 Å². The topological polar surface area (TPSA) is 64.2 Å². The Morgan fingerprint density at radius 1 is 0.969 bits per heavy atom. The Labute approximate surface area is 189 Å². The molecule has 2 aliphatic rings. The molecule has 2 aliphatic heterocycles. The van der Waals surface area contributed by atoms with Gasteiger partial charge in [-0.25, -0.2) is 0 Å². The SMILES string of the molecule is Cc1ccccc1C(=O)N1CCC2(CC1)C(=O)N(CC(=O)N(C)C)CN2c1ccccc1. The van der Waals surface area contributed by atoms with Gasteiger partial charge in [0, 0.05) is 38.4 Å². The molecule has 0 unspecified atom stereocenters. The molecular weight excluding hydrogens is 404 g/mol. The van der Waals surface area contributed by atoms with E-state index in [0.29, 0.717) is 38.2 Å². The summed E-state index contributed by atoms with van der Waals surface area (Å²) in [5.74, 6) is -0.121. The number of nitrogens with zero attached hydrogens (tertiary/aromatic N) is 4. The highest BCUT2D eigenvalue weighted by Crippen LogP contribution is 2.39. The van der Waals surface area contributed by atoms with Crippen LogP contribution in [-0.4, -0.2) is 78.4 Å². The second-order valence-electron chi connectivity index (χ2n) is 8.83. The number of para-hydroxylation sites is 1. The largest absolute Gasteiger partial charge is 0.347 e. The van der Waals surface area contributed by atoms with Gasteiger partial charge in [-0.1, -0.05) is 36.4 Å². The normalized spacial score (nSPS) is 17.7. The zero-order valence-corrected chi connectivity index (χ0v) is 19.0. The van der Waals surface area contributed by atoms with Crippen molar-refractivity contribution in [3.63, 3.8) is 0 Å². The predicted molar refractivity (Wildman–Crippen MR) is 123 cm³/mol. The van der Waals surface area contributed by atoms with Gasteiger partial charge >= 0.3 is 0 Å². The zero-order valence-electron chi connectivity index (χ0n) is 19.0. The van der Waals surface area contributed by atoms with Crippen molar-refractivity contribution < 1.29 is 14.4 Å². The molecule has 0 atom stereocenters. The number of likely N-dealkylation sites (N-methyl/N-ethyl adjacent to an activating group) is 1. The van der Waals surface area contributed by atoms with Crippen LogP contribution in [0.15, 0.2) is 54.6 Å². The average Bonchev–Trinajstić information content (AvgIpc) is 3.06. The summed E-state index contributed by atoms with van der Waals surface area (Å²) < 4.78 is 0. The molecule has 2 aromatic carbocycles. The van der Waals surface area contributed by atoms with Crippen LogP contribution in [0.3, 0.4) is 0 Å². The van der Waals surface area contributed by atoms with Crippen LogP contribution in [0.25, 0.3) is 0 Å². The first-order valence-electron chi connectivity index (χ1n) is 11.0. The highest BCUT2D eigenvalue weighted by molar-refractivity contribution is 5.98. The van der Waals surface area contributed by atoms with Gasteiger partial charge in [0.25, 0.3) is 11.8 Å². The number of carbonyl (C=O) groups is 3. The molecule has 1 spiro atoms. The number of anilines is 1. The van der Waals surface area contributed by atoms with E-state index in [9.17, 15) is 14.4 Å². The third-order valence-electron chi connectivity index (χ3n) is 6.66. The van der Waals surface area contributed by atoms with Crippen molar-refractivity contribution in [1.82, 2.24) is 14.7 Å². The van der Waals surface area contributed by atoms with Crippen molar-refractivity contribution in [1.29, 1.82) is 0 Å². The van der Waals surface area contributed by atoms with Gasteiger partial charge in [-0.2, -0.15) is 0 Å². The maximum absolute atomic E-state index is 13.6. The van der Waals surface area contributed by atoms with Gasteiger partial charge in [-0.05, 0) is 43.5 Å². The fourth-order valence-corrected chi connectivity index (χ4v) is 4.69. The fraction of sp³-hybridized carbons (Fsp3) is 0.400. The van der Waals surface area contributed by atoms with E-state index in [0.717, 1.165) is 11.3 Å². The lowest BCUT2D eigenvalue weighted by Crippen LogP contribution is -2.57. The fourth-order valence-electron chi connectivity index (χ4n) is 4.69. The Morgan fingerprint density at radius 3 is 2.22 bits per heavy atom. The summed E-state index contributed by atoms with van der Waals surface area (Å²) in [4.78, 5) is 46.2. The maximum atomic E-state index is 13.6. The lowest BCUT2D eigenvalue weighted by molar-refractivity contribution is -0.139. The van der Waals surface area contributed by atoms with Crippen LogP contribution in [0.5, 0.6) is 0 Å². The predicted octanol–water partition coefficient (Wildman–Crippen LogP) is 2.36. The minimum Gasteiger partial charge on any atom is -0.347 e. The molecular formula is C25H30N4O3. The van der Waals surface area contributed by atoms with E-state index in [1.807, 2.05) is 66.4 Å². The second kappa shape index (κ2) is 8.65. The minimum atomic E-state index is -0.740. The first-order chi connectivity index (χ1) is 15.3. The van der Waals surface area contributed by atoms with Crippen LogP contribution in [0, 0.1) is 6.92 Å². The van der Waals surface area contributed by atoms with Crippen molar-refractivity contribution in [2.24, 2.45) is 0 Å². The highest BCUT2D eigenvalue weighted by Gasteiger charge is 2.54. The number of hydrogen-bond donors (Lipinski definition) is 0. The molecule has 7 nitrogen and oxygen atoms in total. The lowest BCUT2D eigenvalue weighted by atomic mass is 9.85. The van der Waals surface area contributed by atoms with Gasteiger partial charge in [-0.3, -0.25) is 14.4 Å². The number of rotatable bonds is 4. The Balaban J connectivity index is 1.58. The van der Waals surface area contributed by atoms with Crippen LogP contribution < -0.4 is 4.90 Å². The number of likely N-dealkylation sites (tertiary alicyclic amines) is 1. The molecule has 168 valence electrons. The number of benzene rings is 2. The van der Waals surface area contributed by atoms with Crippen LogP contribution in [0.4, 0.5) is 5.69 Å². The summed E-state index contributed by atoms with van der Waals surface area (Å²) in [6.45, 7) is 3.36. The van der Waals surface area contributed by atoms with Gasteiger partial charge in [0.1, 0.15) is 12.1 Å². The average molecular weight is 435 g/mol. The summed E-state index contributed by atoms with van der Waals surface area (Å²) in [6, 6.07) is 17.5. The van der Waals surface area contributed by atoms with Gasteiger partial charge < -0.3 is 19.6 Å². The third kappa shape index (κ3) is 3.83. The van der Waals surface area contributed by atoms with E-state index in [2.05, 4.69) is 4.90 Å². The minimum absolute atomic E-state index is 0.00861.